The van der Waals surface area contributed by atoms with E-state index in [1.807, 2.05) is 0 Å². The summed E-state index contributed by atoms with van der Waals surface area (Å²) >= 11 is 6.01. The van der Waals surface area contributed by atoms with Crippen LogP contribution in [-0.4, -0.2) is 11.7 Å². The minimum atomic E-state index is -0.516. The summed E-state index contributed by atoms with van der Waals surface area (Å²) in [6, 6.07) is 5.29. The highest BCUT2D eigenvalue weighted by Crippen LogP contribution is 2.27. The maximum atomic E-state index is 9.37. The lowest BCUT2D eigenvalue weighted by Gasteiger charge is -2.09. The molecule has 86 valence electrons. The van der Waals surface area contributed by atoms with Gasteiger partial charge >= 0.3 is 0 Å². The normalized spacial score (nSPS) is 11.5. The molecular weight excluding hydrogens is 224 g/mol. The molecule has 0 heterocycles. The smallest absolute Gasteiger partial charge is 0.137 e. The zero-order valence-corrected chi connectivity index (χ0v) is 10.2. The molecule has 1 N–H and O–H groups in total. The van der Waals surface area contributed by atoms with E-state index in [2.05, 4.69) is 11.8 Å². The third-order valence-electron chi connectivity index (χ3n) is 2.10. The van der Waals surface area contributed by atoms with Gasteiger partial charge in [0.05, 0.1) is 17.7 Å². The predicted molar refractivity (Wildman–Crippen MR) is 65.6 cm³/mol. The van der Waals surface area contributed by atoms with Crippen molar-refractivity contribution in [3.8, 4) is 17.6 Å². The van der Waals surface area contributed by atoms with Crippen LogP contribution in [0, 0.1) is 11.8 Å². The zero-order valence-electron chi connectivity index (χ0n) is 9.46. The second kappa shape index (κ2) is 6.42. The van der Waals surface area contributed by atoms with Gasteiger partial charge in [0.2, 0.25) is 0 Å². The molecule has 0 aromatic heterocycles. The van der Waals surface area contributed by atoms with Crippen LogP contribution in [0.5, 0.6) is 5.75 Å². The molecule has 1 atom stereocenters. The van der Waals surface area contributed by atoms with E-state index in [1.54, 1.807) is 32.0 Å². The highest BCUT2D eigenvalue weighted by Gasteiger charge is 2.06. The van der Waals surface area contributed by atoms with Gasteiger partial charge in [0.25, 0.3) is 0 Å². The molecule has 16 heavy (non-hydrogen) atoms. The van der Waals surface area contributed by atoms with Gasteiger partial charge in [0.1, 0.15) is 5.75 Å². The Hall–Kier alpha value is -1.17. The molecule has 0 amide bonds. The Morgan fingerprint density at radius 1 is 1.50 bits per heavy atom. The van der Waals surface area contributed by atoms with Crippen molar-refractivity contribution in [1.29, 1.82) is 0 Å². The fraction of sp³-hybridized carbons (Fsp3) is 0.385. The van der Waals surface area contributed by atoms with E-state index >= 15 is 0 Å². The molecule has 0 unspecified atom stereocenters. The number of hydrogen-bond acceptors (Lipinski definition) is 2. The zero-order chi connectivity index (χ0) is 12.0. The molecule has 0 aliphatic heterocycles. The summed E-state index contributed by atoms with van der Waals surface area (Å²) < 4.78 is 5.46. The van der Waals surface area contributed by atoms with E-state index in [4.69, 9.17) is 16.3 Å². The van der Waals surface area contributed by atoms with Crippen LogP contribution in [0.2, 0.25) is 5.02 Å². The molecule has 0 saturated carbocycles. The molecule has 0 spiro atoms. The van der Waals surface area contributed by atoms with Crippen molar-refractivity contribution in [2.45, 2.75) is 26.4 Å². The maximum Gasteiger partial charge on any atom is 0.137 e. The summed E-state index contributed by atoms with van der Waals surface area (Å²) in [6.45, 7) is 4.02. The van der Waals surface area contributed by atoms with Gasteiger partial charge in [-0.05, 0) is 31.5 Å². The van der Waals surface area contributed by atoms with E-state index in [-0.39, 0.29) is 0 Å². The Balaban J connectivity index is 2.63. The number of ether oxygens (including phenoxy) is 1. The van der Waals surface area contributed by atoms with Crippen molar-refractivity contribution in [3.05, 3.63) is 28.8 Å². The van der Waals surface area contributed by atoms with Gasteiger partial charge in [-0.3, -0.25) is 0 Å². The van der Waals surface area contributed by atoms with Crippen LogP contribution in [0.25, 0.3) is 0 Å². The van der Waals surface area contributed by atoms with Crippen molar-refractivity contribution in [2.24, 2.45) is 0 Å². The van der Waals surface area contributed by atoms with Crippen molar-refractivity contribution in [3.63, 3.8) is 0 Å². The van der Waals surface area contributed by atoms with Gasteiger partial charge < -0.3 is 9.84 Å². The fourth-order valence-corrected chi connectivity index (χ4v) is 1.47. The second-order valence-electron chi connectivity index (χ2n) is 3.39. The number of aliphatic hydroxyl groups is 1. The third kappa shape index (κ3) is 3.77. The molecule has 3 heteroatoms. The first-order valence-electron chi connectivity index (χ1n) is 5.15. The van der Waals surface area contributed by atoms with Crippen LogP contribution in [0.3, 0.4) is 0 Å². The number of aliphatic hydroxyl groups excluding tert-OH is 1. The Labute approximate surface area is 101 Å². The van der Waals surface area contributed by atoms with Gasteiger partial charge in [-0.15, -0.1) is 11.8 Å². The summed E-state index contributed by atoms with van der Waals surface area (Å²) in [7, 11) is 0. The second-order valence-corrected chi connectivity index (χ2v) is 3.80. The van der Waals surface area contributed by atoms with Crippen LogP contribution in [0.4, 0.5) is 0 Å². The molecule has 0 aliphatic rings. The van der Waals surface area contributed by atoms with Gasteiger partial charge in [0, 0.05) is 6.42 Å². The molecular formula is C13H15ClO2. The Bertz CT molecular complexity index is 402. The van der Waals surface area contributed by atoms with E-state index < -0.39 is 6.10 Å². The molecule has 0 saturated heterocycles. The highest BCUT2D eigenvalue weighted by atomic mass is 35.5. The minimum absolute atomic E-state index is 0.516. The monoisotopic (exact) mass is 238 g/mol. The average molecular weight is 239 g/mol. The van der Waals surface area contributed by atoms with Crippen molar-refractivity contribution in [2.75, 3.05) is 6.61 Å². The van der Waals surface area contributed by atoms with Gasteiger partial charge in [-0.2, -0.15) is 0 Å². The summed E-state index contributed by atoms with van der Waals surface area (Å²) in [6.07, 6.45) is 0.169. The van der Waals surface area contributed by atoms with Crippen LogP contribution in [0.1, 0.15) is 31.9 Å². The van der Waals surface area contributed by atoms with Crippen molar-refractivity contribution in [1.82, 2.24) is 0 Å². The van der Waals surface area contributed by atoms with Gasteiger partial charge in [-0.25, -0.2) is 0 Å². The molecule has 0 aliphatic carbocycles. The average Bonchev–Trinajstić information content (AvgIpc) is 2.26. The lowest BCUT2D eigenvalue weighted by molar-refractivity contribution is 0.199. The van der Waals surface area contributed by atoms with Crippen molar-refractivity contribution < 1.29 is 9.84 Å². The number of halogens is 1. The first-order chi connectivity index (χ1) is 7.65. The lowest BCUT2D eigenvalue weighted by atomic mass is 10.1. The summed E-state index contributed by atoms with van der Waals surface area (Å²) in [4.78, 5) is 0. The number of rotatable bonds is 4. The number of benzene rings is 1. The quantitative estimate of drug-likeness (QED) is 0.645. The van der Waals surface area contributed by atoms with E-state index in [1.165, 1.54) is 0 Å². The molecule has 2 nitrogen and oxygen atoms in total. The topological polar surface area (TPSA) is 29.5 Å². The fourth-order valence-electron chi connectivity index (χ4n) is 1.23. The molecule has 0 radical (unpaired) electrons. The highest BCUT2D eigenvalue weighted by molar-refractivity contribution is 6.32. The summed E-state index contributed by atoms with van der Waals surface area (Å²) in [5.74, 6) is 6.33. The summed E-state index contributed by atoms with van der Waals surface area (Å²) in [5, 5.41) is 9.88. The Morgan fingerprint density at radius 3 is 2.81 bits per heavy atom. The Kier molecular flexibility index (Phi) is 5.18. The SMILES string of the molecule is CC#CCCOc1ccc([C@@H](C)O)cc1Cl. The van der Waals surface area contributed by atoms with Gasteiger partial charge in [-0.1, -0.05) is 17.7 Å². The third-order valence-corrected chi connectivity index (χ3v) is 2.40. The molecule has 1 rings (SSSR count). The Morgan fingerprint density at radius 2 is 2.25 bits per heavy atom. The van der Waals surface area contributed by atoms with Crippen LogP contribution in [-0.2, 0) is 0 Å². The van der Waals surface area contributed by atoms with Gasteiger partial charge in [0.15, 0.2) is 0 Å². The maximum absolute atomic E-state index is 9.37. The van der Waals surface area contributed by atoms with Crippen LogP contribution < -0.4 is 4.74 Å². The molecule has 1 aromatic rings. The van der Waals surface area contributed by atoms with E-state index in [0.29, 0.717) is 23.8 Å². The first-order valence-corrected chi connectivity index (χ1v) is 5.53. The summed E-state index contributed by atoms with van der Waals surface area (Å²) in [5.41, 5.74) is 0.783. The number of hydrogen-bond donors (Lipinski definition) is 1. The predicted octanol–water partition coefficient (Wildman–Crippen LogP) is 3.19. The minimum Gasteiger partial charge on any atom is -0.491 e. The van der Waals surface area contributed by atoms with E-state index in [9.17, 15) is 5.11 Å². The van der Waals surface area contributed by atoms with Crippen molar-refractivity contribution >= 4 is 11.6 Å². The lowest BCUT2D eigenvalue weighted by Crippen LogP contribution is -1.98. The molecule has 0 bridgehead atoms. The van der Waals surface area contributed by atoms with Crippen LogP contribution >= 0.6 is 11.6 Å². The molecule has 0 fully saturated rings. The molecule has 1 aromatic carbocycles. The van der Waals surface area contributed by atoms with E-state index in [0.717, 1.165) is 5.56 Å². The standard InChI is InChI=1S/C13H15ClO2/c1-3-4-5-8-16-13-7-6-11(10(2)15)9-12(13)14/h6-7,9-10,15H,5,8H2,1-2H3/t10-/m1/s1. The first kappa shape index (κ1) is 12.9. The van der Waals surface area contributed by atoms with Crippen LogP contribution in [0.15, 0.2) is 18.2 Å². The largest absolute Gasteiger partial charge is 0.491 e.